The smallest absolute Gasteiger partial charge is 0.141 e. The van der Waals surface area contributed by atoms with Crippen LogP contribution in [0.5, 0.6) is 5.75 Å². The van der Waals surface area contributed by atoms with Crippen LogP contribution in [-0.4, -0.2) is 16.6 Å². The summed E-state index contributed by atoms with van der Waals surface area (Å²) in [4.78, 5) is 6.44. The molecule has 0 unspecified atom stereocenters. The number of hydrogen-bond acceptors (Lipinski definition) is 3. The lowest BCUT2D eigenvalue weighted by Gasteiger charge is -1.97. The van der Waals surface area contributed by atoms with Crippen LogP contribution in [0.25, 0.3) is 16.5 Å². The highest BCUT2D eigenvalue weighted by atomic mass is 35.5. The molecule has 0 atom stereocenters. The largest absolute Gasteiger partial charge is 0.506 e. The third kappa shape index (κ3) is 2.97. The molecule has 0 amide bonds. The molecule has 1 aromatic rings. The van der Waals surface area contributed by atoms with Gasteiger partial charge in [0, 0.05) is 11.5 Å². The summed E-state index contributed by atoms with van der Waals surface area (Å²) in [5.74, 6) is 0.0339. The SMILES string of the molecule is [N-]=[N+]=NCC=Cc1nc(Cl)ccc1O. The molecule has 0 spiro atoms. The highest BCUT2D eigenvalue weighted by Crippen LogP contribution is 2.18. The van der Waals surface area contributed by atoms with Crippen molar-refractivity contribution in [3.63, 3.8) is 0 Å². The van der Waals surface area contributed by atoms with Crippen molar-refractivity contribution >= 4 is 17.7 Å². The lowest BCUT2D eigenvalue weighted by Crippen LogP contribution is -1.82. The van der Waals surface area contributed by atoms with E-state index in [1.807, 2.05) is 0 Å². The Balaban J connectivity index is 2.79. The van der Waals surface area contributed by atoms with Crippen LogP contribution in [0.2, 0.25) is 5.15 Å². The van der Waals surface area contributed by atoms with Gasteiger partial charge in [0.15, 0.2) is 0 Å². The molecule has 6 heteroatoms. The van der Waals surface area contributed by atoms with Crippen molar-refractivity contribution < 1.29 is 5.11 Å². The summed E-state index contributed by atoms with van der Waals surface area (Å²) >= 11 is 5.62. The molecule has 0 aliphatic carbocycles. The molecule has 0 fully saturated rings. The first kappa shape index (κ1) is 10.4. The Bertz CT molecular complexity index is 398. The maximum absolute atomic E-state index is 9.32. The summed E-state index contributed by atoms with van der Waals surface area (Å²) in [6.45, 7) is 0.212. The van der Waals surface area contributed by atoms with E-state index in [0.29, 0.717) is 10.8 Å². The summed E-state index contributed by atoms with van der Waals surface area (Å²) in [6.07, 6.45) is 3.12. The minimum absolute atomic E-state index is 0.0339. The van der Waals surface area contributed by atoms with Crippen LogP contribution in [0.1, 0.15) is 5.69 Å². The van der Waals surface area contributed by atoms with E-state index in [-0.39, 0.29) is 12.3 Å². The summed E-state index contributed by atoms with van der Waals surface area (Å²) in [6, 6.07) is 2.93. The van der Waals surface area contributed by atoms with Gasteiger partial charge >= 0.3 is 0 Å². The van der Waals surface area contributed by atoms with E-state index >= 15 is 0 Å². The van der Waals surface area contributed by atoms with Crippen LogP contribution in [0.15, 0.2) is 23.3 Å². The highest BCUT2D eigenvalue weighted by molar-refractivity contribution is 6.29. The second-order valence-electron chi connectivity index (χ2n) is 2.35. The number of halogens is 1. The Labute approximate surface area is 85.3 Å². The minimum Gasteiger partial charge on any atom is -0.506 e. The average molecular weight is 211 g/mol. The van der Waals surface area contributed by atoms with Gasteiger partial charge in [-0.05, 0) is 23.7 Å². The normalized spacial score (nSPS) is 10.1. The molecule has 1 rings (SSSR count). The predicted molar refractivity (Wildman–Crippen MR) is 54.0 cm³/mol. The van der Waals surface area contributed by atoms with Crippen molar-refractivity contribution in [2.24, 2.45) is 5.11 Å². The Hall–Kier alpha value is -1.71. The molecular weight excluding hydrogens is 204 g/mol. The molecule has 1 N–H and O–H groups in total. The van der Waals surface area contributed by atoms with Crippen LogP contribution >= 0.6 is 11.6 Å². The zero-order chi connectivity index (χ0) is 10.4. The molecule has 0 aliphatic heterocycles. The summed E-state index contributed by atoms with van der Waals surface area (Å²) in [5, 5.41) is 12.9. The minimum atomic E-state index is 0.0339. The zero-order valence-corrected chi connectivity index (χ0v) is 7.89. The molecule has 0 aromatic carbocycles. The number of azide groups is 1. The number of pyridine rings is 1. The van der Waals surface area contributed by atoms with Gasteiger partial charge in [0.2, 0.25) is 0 Å². The standard InChI is InChI=1S/C8H7ClN4O/c9-8-4-3-7(14)6(12-8)2-1-5-11-13-10/h1-4,14H,5H2. The number of nitrogens with zero attached hydrogens (tertiary/aromatic N) is 4. The van der Waals surface area contributed by atoms with Crippen molar-refractivity contribution in [2.45, 2.75) is 0 Å². The second kappa shape index (κ2) is 5.11. The average Bonchev–Trinajstić information content (AvgIpc) is 2.18. The first-order chi connectivity index (χ1) is 6.74. The van der Waals surface area contributed by atoms with Crippen LogP contribution in [0.3, 0.4) is 0 Å². The van der Waals surface area contributed by atoms with Gasteiger partial charge in [0.25, 0.3) is 0 Å². The van der Waals surface area contributed by atoms with Crippen molar-refractivity contribution in [3.8, 4) is 5.75 Å². The third-order valence-electron chi connectivity index (χ3n) is 1.39. The van der Waals surface area contributed by atoms with Gasteiger partial charge in [-0.15, -0.1) is 0 Å². The van der Waals surface area contributed by atoms with Gasteiger partial charge < -0.3 is 5.11 Å². The fourth-order valence-corrected chi connectivity index (χ4v) is 0.967. The Kier molecular flexibility index (Phi) is 3.79. The lowest BCUT2D eigenvalue weighted by molar-refractivity contribution is 0.471. The number of aromatic nitrogens is 1. The van der Waals surface area contributed by atoms with E-state index in [4.69, 9.17) is 17.1 Å². The van der Waals surface area contributed by atoms with Crippen LogP contribution in [0, 0.1) is 0 Å². The number of rotatable bonds is 3. The van der Waals surface area contributed by atoms with Crippen molar-refractivity contribution in [1.82, 2.24) is 4.98 Å². The number of hydrogen-bond donors (Lipinski definition) is 1. The summed E-state index contributed by atoms with van der Waals surface area (Å²) < 4.78 is 0. The maximum Gasteiger partial charge on any atom is 0.141 e. The van der Waals surface area contributed by atoms with E-state index in [1.54, 1.807) is 6.08 Å². The summed E-state index contributed by atoms with van der Waals surface area (Å²) in [7, 11) is 0. The topological polar surface area (TPSA) is 81.9 Å². The molecule has 14 heavy (non-hydrogen) atoms. The molecule has 0 aliphatic rings. The Morgan fingerprint density at radius 1 is 1.64 bits per heavy atom. The molecule has 0 bridgehead atoms. The highest BCUT2D eigenvalue weighted by Gasteiger charge is 1.98. The number of aromatic hydroxyl groups is 1. The Morgan fingerprint density at radius 2 is 2.43 bits per heavy atom. The fourth-order valence-electron chi connectivity index (χ4n) is 0.813. The van der Waals surface area contributed by atoms with Gasteiger partial charge in [-0.25, -0.2) is 4.98 Å². The molecule has 0 saturated carbocycles. The maximum atomic E-state index is 9.32. The summed E-state index contributed by atoms with van der Waals surface area (Å²) in [5.41, 5.74) is 8.35. The molecule has 72 valence electrons. The predicted octanol–water partition coefficient (Wildman–Crippen LogP) is 2.76. The third-order valence-corrected chi connectivity index (χ3v) is 1.60. The molecule has 1 heterocycles. The van der Waals surface area contributed by atoms with Gasteiger partial charge in [-0.1, -0.05) is 22.8 Å². The second-order valence-corrected chi connectivity index (χ2v) is 2.74. The molecule has 5 nitrogen and oxygen atoms in total. The van der Waals surface area contributed by atoms with E-state index in [1.165, 1.54) is 18.2 Å². The van der Waals surface area contributed by atoms with Crippen molar-refractivity contribution in [1.29, 1.82) is 0 Å². The van der Waals surface area contributed by atoms with Crippen LogP contribution in [0.4, 0.5) is 0 Å². The van der Waals surface area contributed by atoms with Gasteiger partial charge in [-0.3, -0.25) is 0 Å². The molecule has 0 saturated heterocycles. The monoisotopic (exact) mass is 210 g/mol. The van der Waals surface area contributed by atoms with E-state index in [2.05, 4.69) is 15.0 Å². The lowest BCUT2D eigenvalue weighted by atomic mass is 10.3. The van der Waals surface area contributed by atoms with Crippen molar-refractivity contribution in [2.75, 3.05) is 6.54 Å². The Morgan fingerprint density at radius 3 is 3.14 bits per heavy atom. The van der Waals surface area contributed by atoms with Gasteiger partial charge in [0.05, 0.1) is 0 Å². The fraction of sp³-hybridized carbons (Fsp3) is 0.125. The zero-order valence-electron chi connectivity index (χ0n) is 7.13. The van der Waals surface area contributed by atoms with Gasteiger partial charge in [-0.2, -0.15) is 0 Å². The quantitative estimate of drug-likeness (QED) is 0.360. The first-order valence-corrected chi connectivity index (χ1v) is 4.14. The van der Waals surface area contributed by atoms with Gasteiger partial charge in [0.1, 0.15) is 16.6 Å². The molecule has 0 radical (unpaired) electrons. The molecule has 1 aromatic heterocycles. The van der Waals surface area contributed by atoms with E-state index in [9.17, 15) is 5.11 Å². The van der Waals surface area contributed by atoms with Crippen molar-refractivity contribution in [3.05, 3.63) is 39.5 Å². The molecular formula is C8H7ClN4O. The van der Waals surface area contributed by atoms with Crippen LogP contribution < -0.4 is 0 Å². The van der Waals surface area contributed by atoms with E-state index in [0.717, 1.165) is 0 Å². The first-order valence-electron chi connectivity index (χ1n) is 3.77. The van der Waals surface area contributed by atoms with Crippen LogP contribution in [-0.2, 0) is 0 Å². The van der Waals surface area contributed by atoms with E-state index < -0.39 is 0 Å².